The van der Waals surface area contributed by atoms with Gasteiger partial charge in [-0.2, -0.15) is 0 Å². The molecule has 6 nitrogen and oxygen atoms in total. The maximum atomic E-state index is 12.2. The van der Waals surface area contributed by atoms with Crippen molar-refractivity contribution in [3.8, 4) is 0 Å². The molecule has 3 rings (SSSR count). The molecule has 0 bridgehead atoms. The fourth-order valence-electron chi connectivity index (χ4n) is 3.33. The Bertz CT molecular complexity index is 627. The normalized spacial score (nSPS) is 23.4. The van der Waals surface area contributed by atoms with Crippen molar-refractivity contribution in [2.24, 2.45) is 5.92 Å². The van der Waals surface area contributed by atoms with E-state index in [4.69, 9.17) is 0 Å². The molecule has 1 aromatic rings. The predicted octanol–water partition coefficient (Wildman–Crippen LogP) is 1.15. The monoisotopic (exact) mass is 323 g/mol. The summed E-state index contributed by atoms with van der Waals surface area (Å²) in [4.78, 5) is 18.0. The average Bonchev–Trinajstić information content (AvgIpc) is 3.15. The molecule has 1 amide bonds. The molecule has 1 N–H and O–H groups in total. The van der Waals surface area contributed by atoms with Crippen molar-refractivity contribution in [2.45, 2.75) is 43.0 Å². The number of likely N-dealkylation sites (tertiary alicyclic amines) is 1. The largest absolute Gasteiger partial charge is 0.339 e. The Hall–Kier alpha value is -1.47. The fourth-order valence-corrected chi connectivity index (χ4v) is 4.41. The van der Waals surface area contributed by atoms with Crippen molar-refractivity contribution in [1.29, 1.82) is 0 Å². The zero-order chi connectivity index (χ0) is 15.6. The molecule has 2 fully saturated rings. The number of carbonyl (C=O) groups excluding carboxylic acids is 1. The summed E-state index contributed by atoms with van der Waals surface area (Å²) in [7, 11) is -3.54. The summed E-state index contributed by atoms with van der Waals surface area (Å²) < 4.78 is 26.9. The summed E-state index contributed by atoms with van der Waals surface area (Å²) in [5.74, 6) is 0.219. The van der Waals surface area contributed by atoms with Gasteiger partial charge in [0.2, 0.25) is 15.9 Å². The molecule has 1 saturated carbocycles. The van der Waals surface area contributed by atoms with Crippen molar-refractivity contribution < 1.29 is 13.2 Å². The van der Waals surface area contributed by atoms with Crippen molar-refractivity contribution in [3.63, 3.8) is 0 Å². The Labute approximate surface area is 131 Å². The average molecular weight is 323 g/mol. The number of sulfonamides is 1. The summed E-state index contributed by atoms with van der Waals surface area (Å²) in [6, 6.07) is 3.47. The van der Waals surface area contributed by atoms with Crippen molar-refractivity contribution in [2.75, 3.05) is 13.1 Å². The van der Waals surface area contributed by atoms with Crippen LogP contribution in [-0.4, -0.2) is 43.3 Å². The number of pyridine rings is 1. The van der Waals surface area contributed by atoms with Gasteiger partial charge in [-0.05, 0) is 30.9 Å². The van der Waals surface area contributed by atoms with Gasteiger partial charge < -0.3 is 4.90 Å². The minimum Gasteiger partial charge on any atom is -0.339 e. The van der Waals surface area contributed by atoms with Crippen LogP contribution in [0.5, 0.6) is 0 Å². The van der Waals surface area contributed by atoms with E-state index in [-0.39, 0.29) is 16.7 Å². The summed E-state index contributed by atoms with van der Waals surface area (Å²) in [6.07, 6.45) is 7.84. The molecule has 1 aliphatic carbocycles. The zero-order valence-electron chi connectivity index (χ0n) is 12.4. The molecular weight excluding hydrogens is 302 g/mol. The summed E-state index contributed by atoms with van der Waals surface area (Å²) in [5.41, 5.74) is 0. The van der Waals surface area contributed by atoms with Crippen molar-refractivity contribution in [3.05, 3.63) is 24.5 Å². The van der Waals surface area contributed by atoms with Crippen LogP contribution in [0.15, 0.2) is 29.4 Å². The van der Waals surface area contributed by atoms with Crippen LogP contribution >= 0.6 is 0 Å². The molecular formula is C15H21N3O3S. The van der Waals surface area contributed by atoms with Crippen LogP contribution in [0, 0.1) is 5.92 Å². The van der Waals surface area contributed by atoms with E-state index >= 15 is 0 Å². The standard InChI is InChI=1S/C15H21N3O3S/c19-15-8-12(11-18(15)13-4-1-2-5-13)9-17-22(20,21)14-6-3-7-16-10-14/h3,6-7,10,12-13,17H,1-2,4-5,8-9,11H2/t12-/m0/s1. The number of aromatic nitrogens is 1. The first-order valence-electron chi connectivity index (χ1n) is 7.75. The van der Waals surface area contributed by atoms with Gasteiger partial charge in [-0.3, -0.25) is 9.78 Å². The van der Waals surface area contributed by atoms with E-state index in [1.165, 1.54) is 31.3 Å². The van der Waals surface area contributed by atoms with E-state index in [9.17, 15) is 13.2 Å². The van der Waals surface area contributed by atoms with E-state index in [1.807, 2.05) is 4.90 Å². The maximum absolute atomic E-state index is 12.2. The summed E-state index contributed by atoms with van der Waals surface area (Å²) in [6.45, 7) is 0.964. The number of carbonyl (C=O) groups is 1. The second kappa shape index (κ2) is 6.34. The Kier molecular flexibility index (Phi) is 4.44. The van der Waals surface area contributed by atoms with Gasteiger partial charge >= 0.3 is 0 Å². The number of nitrogens with one attached hydrogen (secondary N) is 1. The highest BCUT2D eigenvalue weighted by Crippen LogP contribution is 2.29. The Morgan fingerprint density at radius 2 is 2.09 bits per heavy atom. The van der Waals surface area contributed by atoms with Gasteiger partial charge in [-0.25, -0.2) is 13.1 Å². The van der Waals surface area contributed by atoms with Crippen LogP contribution in [0.2, 0.25) is 0 Å². The van der Waals surface area contributed by atoms with E-state index < -0.39 is 10.0 Å². The zero-order valence-corrected chi connectivity index (χ0v) is 13.3. The molecule has 120 valence electrons. The summed E-state index contributed by atoms with van der Waals surface area (Å²) in [5, 5.41) is 0. The first-order valence-corrected chi connectivity index (χ1v) is 9.24. The molecule has 0 unspecified atom stereocenters. The molecule has 1 aromatic heterocycles. The molecule has 1 atom stereocenters. The molecule has 2 heterocycles. The van der Waals surface area contributed by atoms with Crippen LogP contribution in [0.1, 0.15) is 32.1 Å². The minimum atomic E-state index is -3.54. The molecule has 0 aromatic carbocycles. The van der Waals surface area contributed by atoms with Crippen molar-refractivity contribution in [1.82, 2.24) is 14.6 Å². The number of hydrogen-bond donors (Lipinski definition) is 1. The first kappa shape index (κ1) is 15.4. The number of rotatable bonds is 5. The van der Waals surface area contributed by atoms with Crippen LogP contribution in [0.3, 0.4) is 0 Å². The van der Waals surface area contributed by atoms with Gasteiger partial charge in [-0.1, -0.05) is 12.8 Å². The van der Waals surface area contributed by atoms with E-state index in [1.54, 1.807) is 6.07 Å². The van der Waals surface area contributed by atoms with E-state index in [2.05, 4.69) is 9.71 Å². The number of hydrogen-bond acceptors (Lipinski definition) is 4. The third-order valence-electron chi connectivity index (χ3n) is 4.51. The van der Waals surface area contributed by atoms with Gasteiger partial charge in [0.15, 0.2) is 0 Å². The van der Waals surface area contributed by atoms with Gasteiger partial charge in [-0.15, -0.1) is 0 Å². The van der Waals surface area contributed by atoms with Gasteiger partial charge in [0.05, 0.1) is 0 Å². The SMILES string of the molecule is O=C1C[C@@H](CNS(=O)(=O)c2cccnc2)CN1C1CCCC1. The van der Waals surface area contributed by atoms with Gasteiger partial charge in [0, 0.05) is 37.9 Å². The maximum Gasteiger partial charge on any atom is 0.242 e. The van der Waals surface area contributed by atoms with Crippen LogP contribution in [0.25, 0.3) is 0 Å². The van der Waals surface area contributed by atoms with E-state index in [0.717, 1.165) is 12.8 Å². The Balaban J connectivity index is 1.57. The van der Waals surface area contributed by atoms with E-state index in [0.29, 0.717) is 25.6 Å². The molecule has 2 aliphatic rings. The Morgan fingerprint density at radius 3 is 2.77 bits per heavy atom. The number of amides is 1. The second-order valence-corrected chi connectivity index (χ2v) is 7.86. The quantitative estimate of drug-likeness (QED) is 0.881. The Morgan fingerprint density at radius 1 is 1.32 bits per heavy atom. The van der Waals surface area contributed by atoms with Crippen LogP contribution in [-0.2, 0) is 14.8 Å². The predicted molar refractivity (Wildman–Crippen MR) is 81.5 cm³/mol. The lowest BCUT2D eigenvalue weighted by atomic mass is 10.1. The molecule has 7 heteroatoms. The highest BCUT2D eigenvalue weighted by atomic mass is 32.2. The molecule has 0 radical (unpaired) electrons. The fraction of sp³-hybridized carbons (Fsp3) is 0.600. The minimum absolute atomic E-state index is 0.0551. The first-order chi connectivity index (χ1) is 10.6. The summed E-state index contributed by atoms with van der Waals surface area (Å²) >= 11 is 0. The lowest BCUT2D eigenvalue weighted by molar-refractivity contribution is -0.129. The van der Waals surface area contributed by atoms with Gasteiger partial charge in [0.25, 0.3) is 0 Å². The lowest BCUT2D eigenvalue weighted by Crippen LogP contribution is -2.36. The lowest BCUT2D eigenvalue weighted by Gasteiger charge is -2.24. The highest BCUT2D eigenvalue weighted by molar-refractivity contribution is 7.89. The third-order valence-corrected chi connectivity index (χ3v) is 5.92. The van der Waals surface area contributed by atoms with Crippen LogP contribution in [0.4, 0.5) is 0 Å². The number of nitrogens with zero attached hydrogens (tertiary/aromatic N) is 2. The van der Waals surface area contributed by atoms with Gasteiger partial charge in [0.1, 0.15) is 4.90 Å². The van der Waals surface area contributed by atoms with Crippen molar-refractivity contribution >= 4 is 15.9 Å². The smallest absolute Gasteiger partial charge is 0.242 e. The molecule has 1 saturated heterocycles. The van der Waals surface area contributed by atoms with Crippen LogP contribution < -0.4 is 4.72 Å². The third kappa shape index (κ3) is 3.30. The topological polar surface area (TPSA) is 79.4 Å². The second-order valence-electron chi connectivity index (χ2n) is 6.10. The molecule has 22 heavy (non-hydrogen) atoms. The molecule has 1 aliphatic heterocycles. The highest BCUT2D eigenvalue weighted by Gasteiger charge is 2.35. The molecule has 0 spiro atoms.